The number of hydrogen-bond acceptors (Lipinski definition) is 5. The first-order chi connectivity index (χ1) is 9.69. The number of nitro groups is 1. The monoisotopic (exact) mass is 296 g/mol. The summed E-state index contributed by atoms with van der Waals surface area (Å²) in [7, 11) is 1.31. The van der Waals surface area contributed by atoms with Crippen molar-refractivity contribution in [3.8, 4) is 0 Å². The number of amides is 1. The van der Waals surface area contributed by atoms with Crippen LogP contribution < -0.4 is 5.32 Å². The van der Waals surface area contributed by atoms with Gasteiger partial charge in [0.25, 0.3) is 11.6 Å². The quantitative estimate of drug-likeness (QED) is 0.599. The average molecular weight is 296 g/mol. The molecule has 1 aromatic carbocycles. The molecule has 0 bridgehead atoms. The molecule has 0 saturated carbocycles. The van der Waals surface area contributed by atoms with E-state index < -0.39 is 22.3 Å². The molecule has 21 heavy (non-hydrogen) atoms. The van der Waals surface area contributed by atoms with E-state index in [2.05, 4.69) is 5.32 Å². The SMILES string of the molecule is COCC(C)(NC(=O)c1cc(C)cc([N+](=O)[O-])c1)C(=O)O. The molecule has 0 heterocycles. The molecule has 0 aromatic heterocycles. The second-order valence-corrected chi connectivity index (χ2v) is 4.84. The number of aliphatic carboxylic acids is 1. The fourth-order valence-corrected chi connectivity index (χ4v) is 1.76. The van der Waals surface area contributed by atoms with Crippen molar-refractivity contribution in [3.63, 3.8) is 0 Å². The summed E-state index contributed by atoms with van der Waals surface area (Å²) in [6.45, 7) is 2.66. The van der Waals surface area contributed by atoms with Crippen LogP contribution in [0, 0.1) is 17.0 Å². The summed E-state index contributed by atoms with van der Waals surface area (Å²) >= 11 is 0. The number of non-ortho nitro benzene ring substituents is 1. The summed E-state index contributed by atoms with van der Waals surface area (Å²) in [5.41, 5.74) is -1.31. The normalized spacial score (nSPS) is 13.3. The summed E-state index contributed by atoms with van der Waals surface area (Å²) in [5, 5.41) is 22.3. The van der Waals surface area contributed by atoms with Crippen molar-refractivity contribution < 1.29 is 24.4 Å². The Morgan fingerprint density at radius 1 is 1.43 bits per heavy atom. The second-order valence-electron chi connectivity index (χ2n) is 4.84. The Kier molecular flexibility index (Phi) is 4.98. The molecule has 1 aromatic rings. The number of benzene rings is 1. The third kappa shape index (κ3) is 3.99. The summed E-state index contributed by atoms with van der Waals surface area (Å²) in [6.07, 6.45) is 0. The fourth-order valence-electron chi connectivity index (χ4n) is 1.76. The van der Waals surface area contributed by atoms with Gasteiger partial charge in [0.15, 0.2) is 5.54 Å². The van der Waals surface area contributed by atoms with Crippen LogP contribution in [0.5, 0.6) is 0 Å². The van der Waals surface area contributed by atoms with Crippen LogP contribution in [0.1, 0.15) is 22.8 Å². The minimum atomic E-state index is -1.62. The molecule has 1 amide bonds. The highest BCUT2D eigenvalue weighted by atomic mass is 16.6. The van der Waals surface area contributed by atoms with Gasteiger partial charge in [-0.2, -0.15) is 0 Å². The highest BCUT2D eigenvalue weighted by molar-refractivity contribution is 5.98. The number of hydrogen-bond donors (Lipinski definition) is 2. The topological polar surface area (TPSA) is 119 Å². The van der Waals surface area contributed by atoms with Crippen molar-refractivity contribution in [2.45, 2.75) is 19.4 Å². The summed E-state index contributed by atoms with van der Waals surface area (Å²) in [4.78, 5) is 33.5. The standard InChI is InChI=1S/C13H16N2O6/c1-8-4-9(6-10(5-8)15(19)20)11(16)14-13(2,7-21-3)12(17)18/h4-6H,7H2,1-3H3,(H,14,16)(H,17,18). The number of nitrogens with one attached hydrogen (secondary N) is 1. The first-order valence-corrected chi connectivity index (χ1v) is 6.00. The van der Waals surface area contributed by atoms with E-state index in [-0.39, 0.29) is 17.9 Å². The number of methoxy groups -OCH3 is 1. The van der Waals surface area contributed by atoms with Crippen molar-refractivity contribution in [3.05, 3.63) is 39.4 Å². The van der Waals surface area contributed by atoms with Crippen LogP contribution in [0.2, 0.25) is 0 Å². The van der Waals surface area contributed by atoms with Crippen LogP contribution in [0.3, 0.4) is 0 Å². The molecule has 8 heteroatoms. The highest BCUT2D eigenvalue weighted by Crippen LogP contribution is 2.17. The smallest absolute Gasteiger partial charge is 0.331 e. The summed E-state index contributed by atoms with van der Waals surface area (Å²) < 4.78 is 4.79. The molecule has 2 N–H and O–H groups in total. The molecule has 0 aliphatic carbocycles. The van der Waals surface area contributed by atoms with E-state index in [1.54, 1.807) is 6.92 Å². The van der Waals surface area contributed by atoms with Crippen molar-refractivity contribution in [2.24, 2.45) is 0 Å². The first kappa shape index (κ1) is 16.6. The van der Waals surface area contributed by atoms with Gasteiger partial charge in [-0.3, -0.25) is 14.9 Å². The molecule has 0 spiro atoms. The summed E-state index contributed by atoms with van der Waals surface area (Å²) in [5.74, 6) is -1.98. The van der Waals surface area contributed by atoms with Crippen molar-refractivity contribution in [2.75, 3.05) is 13.7 Å². The van der Waals surface area contributed by atoms with E-state index in [0.717, 1.165) is 6.07 Å². The number of carboxylic acid groups (broad SMARTS) is 1. The van der Waals surface area contributed by atoms with Gasteiger partial charge in [-0.15, -0.1) is 0 Å². The van der Waals surface area contributed by atoms with Gasteiger partial charge >= 0.3 is 5.97 Å². The molecular weight excluding hydrogens is 280 g/mol. The number of carbonyl (C=O) groups excluding carboxylic acids is 1. The lowest BCUT2D eigenvalue weighted by molar-refractivity contribution is -0.384. The molecule has 114 valence electrons. The molecule has 1 atom stereocenters. The van der Waals surface area contributed by atoms with Gasteiger partial charge in [-0.1, -0.05) is 0 Å². The predicted octanol–water partition coefficient (Wildman–Crippen LogP) is 1.12. The Hall–Kier alpha value is -2.48. The minimum Gasteiger partial charge on any atom is -0.479 e. The maximum atomic E-state index is 12.1. The van der Waals surface area contributed by atoms with Crippen LogP contribution in [0.25, 0.3) is 0 Å². The number of nitro benzene ring substituents is 1. The zero-order valence-electron chi connectivity index (χ0n) is 11.9. The third-order valence-corrected chi connectivity index (χ3v) is 2.83. The van der Waals surface area contributed by atoms with Gasteiger partial charge in [0, 0.05) is 24.8 Å². The van der Waals surface area contributed by atoms with Crippen LogP contribution in [0.4, 0.5) is 5.69 Å². The predicted molar refractivity (Wildman–Crippen MR) is 73.2 cm³/mol. The number of carbonyl (C=O) groups is 2. The molecule has 0 fully saturated rings. The van der Waals surface area contributed by atoms with Crippen molar-refractivity contribution in [1.29, 1.82) is 0 Å². The number of nitrogens with zero attached hydrogens (tertiary/aromatic N) is 1. The van der Waals surface area contributed by atoms with Crippen molar-refractivity contribution in [1.82, 2.24) is 5.32 Å². The number of carboxylic acids is 1. The average Bonchev–Trinajstić information content (AvgIpc) is 2.37. The van der Waals surface area contributed by atoms with Gasteiger partial charge < -0.3 is 15.2 Å². The Labute approximate surface area is 120 Å². The molecule has 0 aliphatic rings. The van der Waals surface area contributed by atoms with Crippen LogP contribution in [-0.4, -0.2) is 41.2 Å². The van der Waals surface area contributed by atoms with Gasteiger partial charge in [-0.25, -0.2) is 4.79 Å². The highest BCUT2D eigenvalue weighted by Gasteiger charge is 2.35. The van der Waals surface area contributed by atoms with E-state index in [9.17, 15) is 19.7 Å². The summed E-state index contributed by atoms with van der Waals surface area (Å²) in [6, 6.07) is 3.86. The van der Waals surface area contributed by atoms with E-state index in [1.807, 2.05) is 0 Å². The molecule has 0 saturated heterocycles. The van der Waals surface area contributed by atoms with Gasteiger partial charge in [0.1, 0.15) is 0 Å². The number of ether oxygens (including phenoxy) is 1. The molecule has 0 aliphatic heterocycles. The maximum Gasteiger partial charge on any atom is 0.331 e. The Morgan fingerprint density at radius 3 is 2.52 bits per heavy atom. The second kappa shape index (κ2) is 6.31. The number of rotatable bonds is 6. The number of aryl methyl sites for hydroxylation is 1. The van der Waals surface area contributed by atoms with E-state index in [0.29, 0.717) is 5.56 Å². The zero-order chi connectivity index (χ0) is 16.2. The molecule has 1 unspecified atom stereocenters. The molecule has 8 nitrogen and oxygen atoms in total. The third-order valence-electron chi connectivity index (χ3n) is 2.83. The lowest BCUT2D eigenvalue weighted by atomic mass is 10.0. The zero-order valence-corrected chi connectivity index (χ0v) is 11.9. The van der Waals surface area contributed by atoms with Crippen LogP contribution in [0.15, 0.2) is 18.2 Å². The lowest BCUT2D eigenvalue weighted by Gasteiger charge is -2.25. The van der Waals surface area contributed by atoms with E-state index >= 15 is 0 Å². The molecule has 0 radical (unpaired) electrons. The Balaban J connectivity index is 3.08. The van der Waals surface area contributed by atoms with Crippen molar-refractivity contribution >= 4 is 17.6 Å². The van der Waals surface area contributed by atoms with Crippen LogP contribution >= 0.6 is 0 Å². The minimum absolute atomic E-state index is 0.0188. The molecule has 1 rings (SSSR count). The lowest BCUT2D eigenvalue weighted by Crippen LogP contribution is -2.55. The van der Waals surface area contributed by atoms with Crippen LogP contribution in [-0.2, 0) is 9.53 Å². The van der Waals surface area contributed by atoms with Gasteiger partial charge in [0.2, 0.25) is 0 Å². The maximum absolute atomic E-state index is 12.1. The van der Waals surface area contributed by atoms with E-state index in [1.165, 1.54) is 26.2 Å². The van der Waals surface area contributed by atoms with Gasteiger partial charge in [-0.05, 0) is 25.5 Å². The van der Waals surface area contributed by atoms with Gasteiger partial charge in [0.05, 0.1) is 11.5 Å². The Bertz CT molecular complexity index is 586. The Morgan fingerprint density at radius 2 is 2.05 bits per heavy atom. The molecular formula is C13H16N2O6. The van der Waals surface area contributed by atoms with E-state index in [4.69, 9.17) is 9.84 Å². The fraction of sp³-hybridized carbons (Fsp3) is 0.385. The first-order valence-electron chi connectivity index (χ1n) is 6.00. The largest absolute Gasteiger partial charge is 0.479 e.